The van der Waals surface area contributed by atoms with Gasteiger partial charge in [-0.05, 0) is 42.9 Å². The molecule has 18 heavy (non-hydrogen) atoms. The summed E-state index contributed by atoms with van der Waals surface area (Å²) in [6.07, 6.45) is 5.43. The van der Waals surface area contributed by atoms with Crippen LogP contribution in [0.2, 0.25) is 5.02 Å². The molecule has 2 nitrogen and oxygen atoms in total. The Hall–Kier alpha value is -0.890. The lowest BCUT2D eigenvalue weighted by molar-refractivity contribution is 0.300. The number of hydrogen-bond donors (Lipinski definition) is 1. The Labute approximate surface area is 115 Å². The fourth-order valence-electron chi connectivity index (χ4n) is 2.57. The molecule has 1 aromatic rings. The molecule has 1 aliphatic rings. The Morgan fingerprint density at radius 1 is 1.28 bits per heavy atom. The van der Waals surface area contributed by atoms with Crippen LogP contribution in [0.5, 0.6) is 5.75 Å². The van der Waals surface area contributed by atoms with Gasteiger partial charge in [-0.15, -0.1) is 0 Å². The Kier molecular flexibility index (Phi) is 4.76. The van der Waals surface area contributed by atoms with Crippen LogP contribution in [0, 0.1) is 11.8 Å². The van der Waals surface area contributed by atoms with Gasteiger partial charge < -0.3 is 10.1 Å². The van der Waals surface area contributed by atoms with Crippen molar-refractivity contribution in [3.63, 3.8) is 0 Å². The number of methoxy groups -OCH3 is 1. The van der Waals surface area contributed by atoms with Gasteiger partial charge in [-0.25, -0.2) is 0 Å². The van der Waals surface area contributed by atoms with Crippen molar-refractivity contribution in [2.75, 3.05) is 19.0 Å². The molecule has 1 saturated carbocycles. The van der Waals surface area contributed by atoms with Gasteiger partial charge in [-0.3, -0.25) is 0 Å². The molecule has 0 aromatic heterocycles. The van der Waals surface area contributed by atoms with E-state index in [1.54, 1.807) is 7.11 Å². The molecule has 0 atom stereocenters. The number of nitrogens with one attached hydrogen (secondary N) is 1. The summed E-state index contributed by atoms with van der Waals surface area (Å²) in [6.45, 7) is 3.41. The number of halogens is 1. The number of rotatable bonds is 4. The van der Waals surface area contributed by atoms with E-state index in [1.807, 2.05) is 18.2 Å². The van der Waals surface area contributed by atoms with Gasteiger partial charge in [0.2, 0.25) is 0 Å². The lowest BCUT2D eigenvalue weighted by atomic mass is 9.83. The van der Waals surface area contributed by atoms with Gasteiger partial charge in [0.15, 0.2) is 0 Å². The summed E-state index contributed by atoms with van der Waals surface area (Å²) >= 11 is 6.11. The van der Waals surface area contributed by atoms with Gasteiger partial charge in [0.05, 0.1) is 12.1 Å². The van der Waals surface area contributed by atoms with Crippen LogP contribution < -0.4 is 10.1 Å². The second-order valence-corrected chi connectivity index (χ2v) is 5.76. The van der Waals surface area contributed by atoms with Crippen molar-refractivity contribution >= 4 is 17.3 Å². The fourth-order valence-corrected chi connectivity index (χ4v) is 2.83. The average Bonchev–Trinajstić information content (AvgIpc) is 2.38. The number of anilines is 1. The highest BCUT2D eigenvalue weighted by molar-refractivity contribution is 6.32. The standard InChI is InChI=1S/C15H22ClNO/c1-11-3-5-12(6-4-11)10-17-13-7-8-15(18-2)14(16)9-13/h7-9,11-12,17H,3-6,10H2,1-2H3. The third-order valence-electron chi connectivity index (χ3n) is 3.88. The minimum Gasteiger partial charge on any atom is -0.495 e. The topological polar surface area (TPSA) is 21.3 Å². The molecule has 0 heterocycles. The molecule has 1 fully saturated rings. The van der Waals surface area contributed by atoms with Crippen LogP contribution in [-0.2, 0) is 0 Å². The van der Waals surface area contributed by atoms with Gasteiger partial charge in [-0.2, -0.15) is 0 Å². The van der Waals surface area contributed by atoms with Crippen molar-refractivity contribution in [1.82, 2.24) is 0 Å². The Bertz CT molecular complexity index is 386. The van der Waals surface area contributed by atoms with E-state index in [0.29, 0.717) is 5.02 Å². The highest BCUT2D eigenvalue weighted by Crippen LogP contribution is 2.30. The largest absolute Gasteiger partial charge is 0.495 e. The number of hydrogen-bond acceptors (Lipinski definition) is 2. The molecular formula is C15H22ClNO. The van der Waals surface area contributed by atoms with Crippen molar-refractivity contribution in [1.29, 1.82) is 0 Å². The maximum atomic E-state index is 6.11. The molecule has 0 saturated heterocycles. The second kappa shape index (κ2) is 6.33. The van der Waals surface area contributed by atoms with Gasteiger partial charge in [0, 0.05) is 12.2 Å². The first kappa shape index (κ1) is 13.5. The molecule has 1 aromatic carbocycles. The number of benzene rings is 1. The monoisotopic (exact) mass is 267 g/mol. The van der Waals surface area contributed by atoms with Crippen molar-refractivity contribution < 1.29 is 4.74 Å². The Morgan fingerprint density at radius 3 is 2.61 bits per heavy atom. The zero-order chi connectivity index (χ0) is 13.0. The van der Waals surface area contributed by atoms with Crippen LogP contribution in [0.15, 0.2) is 18.2 Å². The molecule has 100 valence electrons. The van der Waals surface area contributed by atoms with E-state index in [9.17, 15) is 0 Å². The van der Waals surface area contributed by atoms with Crippen LogP contribution >= 0.6 is 11.6 Å². The summed E-state index contributed by atoms with van der Waals surface area (Å²) in [5.74, 6) is 2.45. The Balaban J connectivity index is 1.84. The van der Waals surface area contributed by atoms with Crippen LogP contribution in [0.1, 0.15) is 32.6 Å². The first-order valence-electron chi connectivity index (χ1n) is 6.76. The molecule has 1 aliphatic carbocycles. The molecule has 2 rings (SSSR count). The molecule has 0 radical (unpaired) electrons. The van der Waals surface area contributed by atoms with Crippen molar-refractivity contribution in [3.05, 3.63) is 23.2 Å². The predicted molar refractivity (Wildman–Crippen MR) is 77.6 cm³/mol. The molecule has 0 unspecified atom stereocenters. The summed E-state index contributed by atoms with van der Waals surface area (Å²) < 4.78 is 5.15. The molecule has 0 spiro atoms. The summed E-state index contributed by atoms with van der Waals surface area (Å²) in [6, 6.07) is 5.87. The van der Waals surface area contributed by atoms with E-state index in [1.165, 1.54) is 25.7 Å². The molecule has 0 amide bonds. The van der Waals surface area contributed by atoms with Crippen LogP contribution in [-0.4, -0.2) is 13.7 Å². The highest BCUT2D eigenvalue weighted by atomic mass is 35.5. The van der Waals surface area contributed by atoms with Crippen LogP contribution in [0.25, 0.3) is 0 Å². The minimum absolute atomic E-state index is 0.666. The van der Waals surface area contributed by atoms with Gasteiger partial charge in [-0.1, -0.05) is 31.4 Å². The maximum Gasteiger partial charge on any atom is 0.137 e. The minimum atomic E-state index is 0.666. The van der Waals surface area contributed by atoms with E-state index in [2.05, 4.69) is 12.2 Å². The van der Waals surface area contributed by atoms with Crippen molar-refractivity contribution in [2.24, 2.45) is 11.8 Å². The first-order valence-corrected chi connectivity index (χ1v) is 7.14. The summed E-state index contributed by atoms with van der Waals surface area (Å²) in [5, 5.41) is 4.15. The lowest BCUT2D eigenvalue weighted by Crippen LogP contribution is -2.20. The van der Waals surface area contributed by atoms with E-state index in [4.69, 9.17) is 16.3 Å². The number of ether oxygens (including phenoxy) is 1. The smallest absolute Gasteiger partial charge is 0.137 e. The molecule has 3 heteroatoms. The van der Waals surface area contributed by atoms with Crippen LogP contribution in [0.3, 0.4) is 0 Å². The summed E-state index contributed by atoms with van der Waals surface area (Å²) in [7, 11) is 1.64. The third-order valence-corrected chi connectivity index (χ3v) is 4.18. The zero-order valence-corrected chi connectivity index (χ0v) is 12.0. The SMILES string of the molecule is COc1ccc(NCC2CCC(C)CC2)cc1Cl. The van der Waals surface area contributed by atoms with Crippen LogP contribution in [0.4, 0.5) is 5.69 Å². The quantitative estimate of drug-likeness (QED) is 0.862. The van der Waals surface area contributed by atoms with E-state index >= 15 is 0 Å². The van der Waals surface area contributed by atoms with Crippen molar-refractivity contribution in [2.45, 2.75) is 32.6 Å². The second-order valence-electron chi connectivity index (χ2n) is 5.36. The van der Waals surface area contributed by atoms with E-state index in [-0.39, 0.29) is 0 Å². The normalized spacial score (nSPS) is 23.7. The third kappa shape index (κ3) is 3.55. The molecule has 0 aliphatic heterocycles. The molecular weight excluding hydrogens is 246 g/mol. The van der Waals surface area contributed by atoms with E-state index < -0.39 is 0 Å². The van der Waals surface area contributed by atoms with Crippen molar-refractivity contribution in [3.8, 4) is 5.75 Å². The average molecular weight is 268 g/mol. The Morgan fingerprint density at radius 2 is 2.00 bits per heavy atom. The maximum absolute atomic E-state index is 6.11. The molecule has 0 bridgehead atoms. The molecule has 1 N–H and O–H groups in total. The van der Waals surface area contributed by atoms with Gasteiger partial charge >= 0.3 is 0 Å². The predicted octanol–water partition coefficient (Wildman–Crippen LogP) is 4.59. The van der Waals surface area contributed by atoms with Gasteiger partial charge in [0.1, 0.15) is 5.75 Å². The summed E-state index contributed by atoms with van der Waals surface area (Å²) in [4.78, 5) is 0. The fraction of sp³-hybridized carbons (Fsp3) is 0.600. The highest BCUT2D eigenvalue weighted by Gasteiger charge is 2.17. The van der Waals surface area contributed by atoms with E-state index in [0.717, 1.165) is 29.8 Å². The summed E-state index contributed by atoms with van der Waals surface area (Å²) in [5.41, 5.74) is 1.08. The van der Waals surface area contributed by atoms with Gasteiger partial charge in [0.25, 0.3) is 0 Å². The lowest BCUT2D eigenvalue weighted by Gasteiger charge is -2.26. The first-order chi connectivity index (χ1) is 8.69. The zero-order valence-electron chi connectivity index (χ0n) is 11.2.